The molecule has 1 aromatic carbocycles. The average Bonchev–Trinajstić information content (AvgIpc) is 2.50. The summed E-state index contributed by atoms with van der Waals surface area (Å²) in [7, 11) is 0. The van der Waals surface area contributed by atoms with Crippen LogP contribution in [0.2, 0.25) is 0 Å². The molecule has 24 heavy (non-hydrogen) atoms. The Balaban J connectivity index is 2.30. The summed E-state index contributed by atoms with van der Waals surface area (Å²) in [6, 6.07) is 4.62. The van der Waals surface area contributed by atoms with Crippen molar-refractivity contribution in [2.75, 3.05) is 13.2 Å². The third-order valence-electron chi connectivity index (χ3n) is 2.87. The minimum absolute atomic E-state index is 0.0467. The first kappa shape index (κ1) is 17.4. The molecule has 9 heteroatoms. The van der Waals surface area contributed by atoms with Crippen LogP contribution in [0.3, 0.4) is 0 Å². The first-order valence-corrected chi connectivity index (χ1v) is 7.31. The maximum atomic E-state index is 11.8. The van der Waals surface area contributed by atoms with E-state index in [0.29, 0.717) is 17.9 Å². The summed E-state index contributed by atoms with van der Waals surface area (Å²) >= 11 is 4.72. The number of hydrogen-bond donors (Lipinski definition) is 3. The zero-order valence-corrected chi connectivity index (χ0v) is 13.4. The number of carbonyl (C=O) groups excluding carboxylic acids is 2. The van der Waals surface area contributed by atoms with Crippen LogP contribution in [0, 0.1) is 0 Å². The lowest BCUT2D eigenvalue weighted by Gasteiger charge is -2.16. The first-order chi connectivity index (χ1) is 11.4. The summed E-state index contributed by atoms with van der Waals surface area (Å²) in [6.45, 7) is 1.58. The maximum Gasteiger partial charge on any atom is 0.341 e. The van der Waals surface area contributed by atoms with Gasteiger partial charge in [-0.05, 0) is 42.9 Å². The van der Waals surface area contributed by atoms with Crippen molar-refractivity contribution in [3.8, 4) is 11.5 Å². The number of rotatable bonds is 6. The van der Waals surface area contributed by atoms with Crippen molar-refractivity contribution >= 4 is 41.2 Å². The topological polar surface area (TPSA) is 114 Å². The molecule has 1 aromatic rings. The number of aliphatic carboxylic acids is 1. The van der Waals surface area contributed by atoms with Gasteiger partial charge in [0.2, 0.25) is 0 Å². The van der Waals surface area contributed by atoms with Gasteiger partial charge >= 0.3 is 5.97 Å². The molecule has 1 heterocycles. The highest BCUT2D eigenvalue weighted by Crippen LogP contribution is 2.29. The number of ether oxygens (including phenoxy) is 2. The molecule has 0 unspecified atom stereocenters. The summed E-state index contributed by atoms with van der Waals surface area (Å²) < 4.78 is 10.5. The molecule has 0 spiro atoms. The number of nitrogens with one attached hydrogen (secondary N) is 2. The number of benzene rings is 1. The summed E-state index contributed by atoms with van der Waals surface area (Å²) in [5.74, 6) is -1.77. The zero-order valence-electron chi connectivity index (χ0n) is 12.6. The highest BCUT2D eigenvalue weighted by atomic mass is 32.1. The van der Waals surface area contributed by atoms with Crippen molar-refractivity contribution in [1.82, 2.24) is 10.6 Å². The molecular formula is C15H14N2O6S. The Hall–Kier alpha value is -2.94. The van der Waals surface area contributed by atoms with Crippen LogP contribution in [0.4, 0.5) is 0 Å². The predicted molar refractivity (Wildman–Crippen MR) is 87.6 cm³/mol. The Labute approximate surface area is 142 Å². The second kappa shape index (κ2) is 7.55. The molecule has 1 aliphatic heterocycles. The van der Waals surface area contributed by atoms with Crippen molar-refractivity contribution in [3.05, 3.63) is 29.3 Å². The van der Waals surface area contributed by atoms with Gasteiger partial charge in [-0.15, -0.1) is 0 Å². The number of carbonyl (C=O) groups is 3. The molecule has 1 aliphatic rings. The Morgan fingerprint density at radius 1 is 1.21 bits per heavy atom. The third kappa shape index (κ3) is 4.29. The summed E-state index contributed by atoms with van der Waals surface area (Å²) in [6.07, 6.45) is 1.37. The van der Waals surface area contributed by atoms with Crippen molar-refractivity contribution in [1.29, 1.82) is 0 Å². The number of carboxylic acid groups (broad SMARTS) is 1. The molecule has 0 bridgehead atoms. The zero-order chi connectivity index (χ0) is 17.7. The molecular weight excluding hydrogens is 336 g/mol. The SMILES string of the molecule is CCOc1cc(C=C2C(=O)NC(=S)NC2=O)ccc1OCC(=O)O. The normalized spacial score (nSPS) is 13.9. The molecule has 2 amide bonds. The molecule has 1 saturated heterocycles. The van der Waals surface area contributed by atoms with Gasteiger partial charge in [0.05, 0.1) is 6.61 Å². The molecule has 0 aliphatic carbocycles. The van der Waals surface area contributed by atoms with Gasteiger partial charge in [-0.1, -0.05) is 6.07 Å². The largest absolute Gasteiger partial charge is 0.490 e. The van der Waals surface area contributed by atoms with Gasteiger partial charge in [-0.2, -0.15) is 0 Å². The van der Waals surface area contributed by atoms with E-state index in [1.807, 2.05) is 0 Å². The van der Waals surface area contributed by atoms with E-state index in [1.165, 1.54) is 12.1 Å². The van der Waals surface area contributed by atoms with Crippen LogP contribution >= 0.6 is 12.2 Å². The van der Waals surface area contributed by atoms with E-state index >= 15 is 0 Å². The third-order valence-corrected chi connectivity index (χ3v) is 3.08. The molecule has 8 nitrogen and oxygen atoms in total. The number of hydrogen-bond acceptors (Lipinski definition) is 6. The summed E-state index contributed by atoms with van der Waals surface area (Å²) in [5, 5.41) is 13.3. The van der Waals surface area contributed by atoms with Crippen LogP contribution in [0.15, 0.2) is 23.8 Å². The lowest BCUT2D eigenvalue weighted by molar-refractivity contribution is -0.139. The molecule has 2 rings (SSSR count). The predicted octanol–water partition coefficient (Wildman–Crippen LogP) is 0.463. The van der Waals surface area contributed by atoms with Crippen molar-refractivity contribution in [2.45, 2.75) is 6.92 Å². The second-order valence-corrected chi connectivity index (χ2v) is 5.03. The van der Waals surface area contributed by atoms with Gasteiger partial charge in [0, 0.05) is 0 Å². The average molecular weight is 350 g/mol. The molecule has 126 valence electrons. The van der Waals surface area contributed by atoms with Gasteiger partial charge in [-0.3, -0.25) is 20.2 Å². The minimum atomic E-state index is -1.12. The van der Waals surface area contributed by atoms with E-state index in [1.54, 1.807) is 19.1 Å². The van der Waals surface area contributed by atoms with Crippen LogP contribution in [0.25, 0.3) is 6.08 Å². The lowest BCUT2D eigenvalue weighted by atomic mass is 10.1. The van der Waals surface area contributed by atoms with Gasteiger partial charge in [0.1, 0.15) is 5.57 Å². The van der Waals surface area contributed by atoms with Crippen LogP contribution in [0.5, 0.6) is 11.5 Å². The van der Waals surface area contributed by atoms with E-state index in [0.717, 1.165) is 0 Å². The van der Waals surface area contributed by atoms with Crippen LogP contribution in [-0.2, 0) is 14.4 Å². The minimum Gasteiger partial charge on any atom is -0.490 e. The van der Waals surface area contributed by atoms with E-state index < -0.39 is 24.4 Å². The van der Waals surface area contributed by atoms with Gasteiger partial charge in [0.15, 0.2) is 23.2 Å². The van der Waals surface area contributed by atoms with E-state index in [-0.39, 0.29) is 16.4 Å². The van der Waals surface area contributed by atoms with Crippen molar-refractivity contribution < 1.29 is 29.0 Å². The standard InChI is InChI=1S/C15H14N2O6S/c1-2-22-11-6-8(3-4-10(11)23-7-12(18)19)5-9-13(20)16-15(24)17-14(9)21/h3-6H,2,7H2,1H3,(H,18,19)(H2,16,17,20,21,24). The van der Waals surface area contributed by atoms with Crippen LogP contribution < -0.4 is 20.1 Å². The van der Waals surface area contributed by atoms with Gasteiger partial charge in [0.25, 0.3) is 11.8 Å². The number of thiocarbonyl (C=S) groups is 1. The summed E-state index contributed by atoms with van der Waals surface area (Å²) in [5.41, 5.74) is 0.402. The number of carboxylic acids is 1. The molecule has 1 fully saturated rings. The van der Waals surface area contributed by atoms with Crippen LogP contribution in [0.1, 0.15) is 12.5 Å². The molecule has 3 N–H and O–H groups in total. The van der Waals surface area contributed by atoms with Crippen molar-refractivity contribution in [2.24, 2.45) is 0 Å². The highest BCUT2D eigenvalue weighted by Gasteiger charge is 2.25. The lowest BCUT2D eigenvalue weighted by Crippen LogP contribution is -2.51. The second-order valence-electron chi connectivity index (χ2n) is 4.62. The van der Waals surface area contributed by atoms with Crippen molar-refractivity contribution in [3.63, 3.8) is 0 Å². The van der Waals surface area contributed by atoms with Gasteiger partial charge < -0.3 is 14.6 Å². The summed E-state index contributed by atoms with van der Waals surface area (Å²) in [4.78, 5) is 34.2. The van der Waals surface area contributed by atoms with E-state index in [2.05, 4.69) is 10.6 Å². The fourth-order valence-electron chi connectivity index (χ4n) is 1.91. The molecule has 0 saturated carbocycles. The Bertz CT molecular complexity index is 721. The van der Waals surface area contributed by atoms with E-state index in [4.69, 9.17) is 26.8 Å². The Kier molecular flexibility index (Phi) is 5.48. The molecule has 0 atom stereocenters. The fraction of sp³-hybridized carbons (Fsp3) is 0.200. The Morgan fingerprint density at radius 3 is 2.46 bits per heavy atom. The quantitative estimate of drug-likeness (QED) is 0.388. The highest BCUT2D eigenvalue weighted by molar-refractivity contribution is 7.80. The smallest absolute Gasteiger partial charge is 0.341 e. The molecule has 0 aromatic heterocycles. The maximum absolute atomic E-state index is 11.8. The first-order valence-electron chi connectivity index (χ1n) is 6.90. The van der Waals surface area contributed by atoms with Gasteiger partial charge in [-0.25, -0.2) is 4.79 Å². The number of amides is 2. The van der Waals surface area contributed by atoms with E-state index in [9.17, 15) is 14.4 Å². The van der Waals surface area contributed by atoms with Crippen LogP contribution in [-0.4, -0.2) is 41.2 Å². The molecule has 0 radical (unpaired) electrons. The fourth-order valence-corrected chi connectivity index (χ4v) is 2.10. The Morgan fingerprint density at radius 2 is 1.88 bits per heavy atom. The monoisotopic (exact) mass is 350 g/mol.